The van der Waals surface area contributed by atoms with Gasteiger partial charge in [-0.25, -0.2) is 0 Å². The maximum atomic E-state index is 12.5. The van der Waals surface area contributed by atoms with Crippen LogP contribution >= 0.6 is 0 Å². The lowest BCUT2D eigenvalue weighted by Crippen LogP contribution is -2.22. The number of aromatic nitrogens is 2. The average Bonchev–Trinajstić information content (AvgIpc) is 3.19. The summed E-state index contributed by atoms with van der Waals surface area (Å²) in [5.74, 6) is 0.393. The number of amides is 1. The highest BCUT2D eigenvalue weighted by atomic mass is 16.5. The molecule has 174 valence electrons. The number of hydrogen-bond acceptors (Lipinski definition) is 7. The minimum atomic E-state index is -0.484. The van der Waals surface area contributed by atoms with Crippen molar-refractivity contribution in [1.29, 1.82) is 5.26 Å². The predicted molar refractivity (Wildman–Crippen MR) is 126 cm³/mol. The number of aryl methyl sites for hydroxylation is 3. The number of para-hydroxylation sites is 1. The van der Waals surface area contributed by atoms with Gasteiger partial charge in [-0.3, -0.25) is 9.89 Å². The summed E-state index contributed by atoms with van der Waals surface area (Å²) in [6, 6.07) is 13.2. The number of nitrogens with one attached hydrogen (secondary N) is 2. The summed E-state index contributed by atoms with van der Waals surface area (Å²) in [5.41, 5.74) is 11.2. The van der Waals surface area contributed by atoms with Gasteiger partial charge in [0.2, 0.25) is 11.8 Å². The van der Waals surface area contributed by atoms with E-state index in [0.717, 1.165) is 33.6 Å². The fourth-order valence-corrected chi connectivity index (χ4v) is 4.05. The maximum Gasteiger partial charge on any atom is 0.262 e. The number of allylic oxidation sites excluding steroid dienone is 1. The van der Waals surface area contributed by atoms with E-state index in [9.17, 15) is 10.1 Å². The number of anilines is 1. The summed E-state index contributed by atoms with van der Waals surface area (Å²) >= 11 is 0. The second-order valence-corrected chi connectivity index (χ2v) is 8.01. The van der Waals surface area contributed by atoms with Crippen LogP contribution in [0.2, 0.25) is 0 Å². The quantitative estimate of drug-likeness (QED) is 0.513. The third kappa shape index (κ3) is 4.13. The zero-order valence-corrected chi connectivity index (χ0v) is 19.4. The Kier molecular flexibility index (Phi) is 6.15. The summed E-state index contributed by atoms with van der Waals surface area (Å²) in [7, 11) is 1.51. The molecule has 0 saturated heterocycles. The minimum absolute atomic E-state index is 0.00830. The van der Waals surface area contributed by atoms with Crippen LogP contribution in [-0.4, -0.2) is 29.8 Å². The maximum absolute atomic E-state index is 12.5. The molecule has 1 aliphatic heterocycles. The zero-order valence-electron chi connectivity index (χ0n) is 19.4. The molecule has 9 nitrogen and oxygen atoms in total. The van der Waals surface area contributed by atoms with Crippen molar-refractivity contribution >= 4 is 11.6 Å². The van der Waals surface area contributed by atoms with Crippen LogP contribution in [0.3, 0.4) is 0 Å². The molecule has 9 heteroatoms. The number of ether oxygens (including phenoxy) is 3. The van der Waals surface area contributed by atoms with Gasteiger partial charge in [0, 0.05) is 16.9 Å². The molecule has 0 spiro atoms. The van der Waals surface area contributed by atoms with Crippen LogP contribution in [0.5, 0.6) is 17.4 Å². The Morgan fingerprint density at radius 1 is 1.24 bits per heavy atom. The zero-order chi connectivity index (χ0) is 24.4. The first-order chi connectivity index (χ1) is 16.3. The van der Waals surface area contributed by atoms with Crippen LogP contribution in [0.15, 0.2) is 47.9 Å². The second kappa shape index (κ2) is 9.19. The van der Waals surface area contributed by atoms with Gasteiger partial charge in [0.25, 0.3) is 5.91 Å². The Balaban J connectivity index is 1.57. The van der Waals surface area contributed by atoms with Crippen molar-refractivity contribution in [3.8, 4) is 23.4 Å². The lowest BCUT2D eigenvalue weighted by molar-refractivity contribution is -0.118. The first kappa shape index (κ1) is 22.7. The van der Waals surface area contributed by atoms with Gasteiger partial charge in [0.05, 0.1) is 13.0 Å². The molecule has 34 heavy (non-hydrogen) atoms. The normalized spacial score (nSPS) is 14.6. The Bertz CT molecular complexity index is 1320. The van der Waals surface area contributed by atoms with Gasteiger partial charge in [-0.05, 0) is 49.6 Å². The standard InChI is InChI=1S/C25H25N5O4/c1-13-6-5-7-14(2)23(13)28-20(31)12-33-18-9-8-16(10-19(18)32-4)22-17(11-26)24(27)34-25-21(22)15(3)29-30-25/h5-10,22H,12,27H2,1-4H3,(H,28,31)(H,29,30). The Labute approximate surface area is 197 Å². The first-order valence-electron chi connectivity index (χ1n) is 10.6. The third-order valence-corrected chi connectivity index (χ3v) is 5.75. The molecule has 0 aliphatic carbocycles. The number of fused-ring (bicyclic) bond motifs is 1. The number of carbonyl (C=O) groups is 1. The summed E-state index contributed by atoms with van der Waals surface area (Å²) in [4.78, 5) is 12.5. The summed E-state index contributed by atoms with van der Waals surface area (Å²) in [6.45, 7) is 5.53. The number of nitriles is 1. The Morgan fingerprint density at radius 3 is 2.65 bits per heavy atom. The monoisotopic (exact) mass is 459 g/mol. The molecular weight excluding hydrogens is 434 g/mol. The first-order valence-corrected chi connectivity index (χ1v) is 10.6. The van der Waals surface area contributed by atoms with E-state index in [1.807, 2.05) is 39.0 Å². The predicted octanol–water partition coefficient (Wildman–Crippen LogP) is 3.58. The van der Waals surface area contributed by atoms with Crippen molar-refractivity contribution in [2.45, 2.75) is 26.7 Å². The van der Waals surface area contributed by atoms with Gasteiger partial charge in [0.15, 0.2) is 18.1 Å². The lowest BCUT2D eigenvalue weighted by atomic mass is 9.84. The van der Waals surface area contributed by atoms with E-state index in [-0.39, 0.29) is 24.0 Å². The van der Waals surface area contributed by atoms with Gasteiger partial charge < -0.3 is 25.3 Å². The number of carbonyl (C=O) groups excluding carboxylic acids is 1. The molecule has 1 amide bonds. The van der Waals surface area contributed by atoms with Gasteiger partial charge in [-0.15, -0.1) is 5.10 Å². The van der Waals surface area contributed by atoms with Crippen molar-refractivity contribution in [1.82, 2.24) is 10.2 Å². The fraction of sp³-hybridized carbons (Fsp3) is 0.240. The van der Waals surface area contributed by atoms with E-state index >= 15 is 0 Å². The van der Waals surface area contributed by atoms with E-state index in [1.54, 1.807) is 18.2 Å². The number of hydrogen-bond donors (Lipinski definition) is 3. The van der Waals surface area contributed by atoms with Crippen molar-refractivity contribution in [3.05, 3.63) is 75.8 Å². The second-order valence-electron chi connectivity index (χ2n) is 8.01. The minimum Gasteiger partial charge on any atom is -0.493 e. The number of nitrogens with two attached hydrogens (primary N) is 1. The lowest BCUT2D eigenvalue weighted by Gasteiger charge is -2.24. The van der Waals surface area contributed by atoms with E-state index in [2.05, 4.69) is 21.6 Å². The summed E-state index contributed by atoms with van der Waals surface area (Å²) in [6.07, 6.45) is 0. The van der Waals surface area contributed by atoms with Crippen LogP contribution in [0.4, 0.5) is 5.69 Å². The SMILES string of the molecule is COc1cc(C2C(C#N)=C(N)Oc3n[nH]c(C)c32)ccc1OCC(=O)Nc1c(C)cccc1C. The van der Waals surface area contributed by atoms with E-state index in [4.69, 9.17) is 19.9 Å². The molecule has 4 rings (SSSR count). The molecule has 1 atom stereocenters. The van der Waals surface area contributed by atoms with Crippen LogP contribution in [-0.2, 0) is 4.79 Å². The van der Waals surface area contributed by atoms with Gasteiger partial charge in [0.1, 0.15) is 11.6 Å². The summed E-state index contributed by atoms with van der Waals surface area (Å²) < 4.78 is 16.8. The molecule has 1 unspecified atom stereocenters. The smallest absolute Gasteiger partial charge is 0.262 e. The fourth-order valence-electron chi connectivity index (χ4n) is 4.05. The Hall–Kier alpha value is -4.45. The van der Waals surface area contributed by atoms with Crippen molar-refractivity contribution < 1.29 is 19.0 Å². The van der Waals surface area contributed by atoms with Crippen LogP contribution in [0.25, 0.3) is 0 Å². The number of nitrogens with zero attached hydrogens (tertiary/aromatic N) is 2. The van der Waals surface area contributed by atoms with Gasteiger partial charge >= 0.3 is 0 Å². The van der Waals surface area contributed by atoms with Crippen LogP contribution < -0.4 is 25.3 Å². The number of rotatable bonds is 6. The molecule has 0 saturated carbocycles. The molecule has 0 bridgehead atoms. The highest BCUT2D eigenvalue weighted by Crippen LogP contribution is 2.44. The van der Waals surface area contributed by atoms with Crippen LogP contribution in [0, 0.1) is 32.1 Å². The molecule has 2 heterocycles. The number of aromatic amines is 1. The van der Waals surface area contributed by atoms with Crippen molar-refractivity contribution in [2.75, 3.05) is 19.0 Å². The van der Waals surface area contributed by atoms with E-state index in [0.29, 0.717) is 17.4 Å². The van der Waals surface area contributed by atoms with E-state index < -0.39 is 5.92 Å². The van der Waals surface area contributed by atoms with Gasteiger partial charge in [-0.1, -0.05) is 24.3 Å². The molecule has 1 aromatic heterocycles. The van der Waals surface area contributed by atoms with Crippen molar-refractivity contribution in [3.63, 3.8) is 0 Å². The number of benzene rings is 2. The highest BCUT2D eigenvalue weighted by Gasteiger charge is 2.34. The summed E-state index contributed by atoms with van der Waals surface area (Å²) in [5, 5.41) is 19.6. The topological polar surface area (TPSA) is 135 Å². The molecule has 2 aromatic carbocycles. The van der Waals surface area contributed by atoms with E-state index in [1.165, 1.54) is 7.11 Å². The molecule has 0 fully saturated rings. The highest BCUT2D eigenvalue weighted by molar-refractivity contribution is 5.93. The van der Waals surface area contributed by atoms with Crippen molar-refractivity contribution in [2.24, 2.45) is 5.73 Å². The molecule has 3 aromatic rings. The van der Waals surface area contributed by atoms with Gasteiger partial charge in [-0.2, -0.15) is 5.26 Å². The average molecular weight is 460 g/mol. The third-order valence-electron chi connectivity index (χ3n) is 5.75. The molecule has 1 aliphatic rings. The number of methoxy groups -OCH3 is 1. The number of H-pyrrole nitrogens is 1. The molecular formula is C25H25N5O4. The Morgan fingerprint density at radius 2 is 1.97 bits per heavy atom. The largest absolute Gasteiger partial charge is 0.493 e. The molecule has 0 radical (unpaired) electrons. The molecule has 4 N–H and O–H groups in total. The van der Waals surface area contributed by atoms with Crippen LogP contribution in [0.1, 0.15) is 33.9 Å².